The Morgan fingerprint density at radius 1 is 0.692 bits per heavy atom. The van der Waals surface area contributed by atoms with Gasteiger partial charge in [-0.3, -0.25) is 0 Å². The summed E-state index contributed by atoms with van der Waals surface area (Å²) in [5, 5.41) is 19.5. The van der Waals surface area contributed by atoms with Crippen LogP contribution >= 0.6 is 0 Å². The van der Waals surface area contributed by atoms with Crippen LogP contribution in [0.3, 0.4) is 0 Å². The molecule has 2 heteroatoms. The fourth-order valence-corrected chi connectivity index (χ4v) is 3.28. The van der Waals surface area contributed by atoms with Crippen LogP contribution in [-0.2, 0) is 6.42 Å². The van der Waals surface area contributed by atoms with Crippen molar-refractivity contribution in [2.24, 2.45) is 0 Å². The van der Waals surface area contributed by atoms with Crippen molar-refractivity contribution in [3.8, 4) is 11.5 Å². The molecule has 0 saturated heterocycles. The molecule has 0 heterocycles. The maximum atomic E-state index is 9.74. The van der Waals surface area contributed by atoms with E-state index in [-0.39, 0.29) is 11.5 Å². The summed E-state index contributed by atoms with van der Waals surface area (Å²) in [4.78, 5) is 0. The lowest BCUT2D eigenvalue weighted by atomic mass is 10.0. The molecular weight excluding hydrogens is 320 g/mol. The number of allylic oxidation sites excluding steroid dienone is 2. The van der Waals surface area contributed by atoms with Gasteiger partial charge in [0.05, 0.1) is 0 Å². The zero-order valence-corrected chi connectivity index (χ0v) is 17.1. The summed E-state index contributed by atoms with van der Waals surface area (Å²) >= 11 is 0. The van der Waals surface area contributed by atoms with Crippen molar-refractivity contribution in [3.63, 3.8) is 0 Å². The number of hydrogen-bond donors (Lipinski definition) is 2. The van der Waals surface area contributed by atoms with E-state index >= 15 is 0 Å². The predicted octanol–water partition coefficient (Wildman–Crippen LogP) is 7.60. The Kier molecular flexibility index (Phi) is 12.8. The first-order chi connectivity index (χ1) is 12.6. The largest absolute Gasteiger partial charge is 0.508 e. The Hall–Kier alpha value is -1.44. The van der Waals surface area contributed by atoms with Crippen LogP contribution in [0.2, 0.25) is 0 Å². The van der Waals surface area contributed by atoms with Crippen LogP contribution in [0.25, 0.3) is 0 Å². The van der Waals surface area contributed by atoms with Crippen LogP contribution in [0, 0.1) is 6.92 Å². The topological polar surface area (TPSA) is 40.5 Å². The van der Waals surface area contributed by atoms with Gasteiger partial charge in [0.2, 0.25) is 0 Å². The molecule has 0 amide bonds. The highest BCUT2D eigenvalue weighted by Crippen LogP contribution is 2.28. The molecule has 0 aromatic heterocycles. The van der Waals surface area contributed by atoms with Gasteiger partial charge in [0, 0.05) is 5.56 Å². The van der Waals surface area contributed by atoms with Crippen LogP contribution in [0.15, 0.2) is 24.3 Å². The Bertz CT molecular complexity index is 482. The minimum Gasteiger partial charge on any atom is -0.508 e. The lowest BCUT2D eigenvalue weighted by Crippen LogP contribution is -1.88. The van der Waals surface area contributed by atoms with Crippen LogP contribution < -0.4 is 0 Å². The summed E-state index contributed by atoms with van der Waals surface area (Å²) in [7, 11) is 0. The third kappa shape index (κ3) is 10.5. The molecule has 148 valence electrons. The molecule has 0 aliphatic heterocycles. The fourth-order valence-electron chi connectivity index (χ4n) is 3.28. The average Bonchev–Trinajstić information content (AvgIpc) is 2.62. The summed E-state index contributed by atoms with van der Waals surface area (Å²) < 4.78 is 0. The molecule has 0 saturated carbocycles. The first-order valence-electron chi connectivity index (χ1n) is 10.8. The molecule has 2 nitrogen and oxygen atoms in total. The highest BCUT2D eigenvalue weighted by Gasteiger charge is 2.05. The van der Waals surface area contributed by atoms with Gasteiger partial charge in [0.25, 0.3) is 0 Å². The number of aromatic hydroxyl groups is 2. The standard InChI is InChI=1S/C24H40O2/c1-3-4-5-6-7-8-9-10-11-12-13-14-15-16-17-18-22-19-23(25)21(2)24(26)20-22/h10-11,19-20,25-26H,3-9,12-18H2,1-2H3/b11-10+. The van der Waals surface area contributed by atoms with E-state index in [2.05, 4.69) is 19.1 Å². The Morgan fingerprint density at radius 2 is 1.15 bits per heavy atom. The molecule has 0 radical (unpaired) electrons. The van der Waals surface area contributed by atoms with Gasteiger partial charge in [-0.2, -0.15) is 0 Å². The van der Waals surface area contributed by atoms with Gasteiger partial charge in [-0.25, -0.2) is 0 Å². The van der Waals surface area contributed by atoms with Gasteiger partial charge >= 0.3 is 0 Å². The van der Waals surface area contributed by atoms with E-state index in [1.165, 1.54) is 77.0 Å². The van der Waals surface area contributed by atoms with Crippen LogP contribution in [-0.4, -0.2) is 10.2 Å². The second-order valence-electron chi connectivity index (χ2n) is 7.59. The Balaban J connectivity index is 1.93. The Morgan fingerprint density at radius 3 is 1.69 bits per heavy atom. The minimum absolute atomic E-state index is 0.202. The summed E-state index contributed by atoms with van der Waals surface area (Å²) in [6.07, 6.45) is 22.6. The summed E-state index contributed by atoms with van der Waals surface area (Å²) in [5.74, 6) is 0.403. The number of aryl methyl sites for hydroxylation is 1. The zero-order valence-electron chi connectivity index (χ0n) is 17.1. The fraction of sp³-hybridized carbons (Fsp3) is 0.667. The van der Waals surface area contributed by atoms with E-state index in [1.54, 1.807) is 19.1 Å². The maximum Gasteiger partial charge on any atom is 0.122 e. The lowest BCUT2D eigenvalue weighted by Gasteiger charge is -2.07. The van der Waals surface area contributed by atoms with Gasteiger partial charge in [0.1, 0.15) is 11.5 Å². The van der Waals surface area contributed by atoms with E-state index < -0.39 is 0 Å². The first kappa shape index (κ1) is 22.6. The van der Waals surface area contributed by atoms with Crippen molar-refractivity contribution in [1.82, 2.24) is 0 Å². The monoisotopic (exact) mass is 360 g/mol. The van der Waals surface area contributed by atoms with Gasteiger partial charge in [0.15, 0.2) is 0 Å². The number of phenolic OH excluding ortho intramolecular Hbond substituents is 2. The summed E-state index contributed by atoms with van der Waals surface area (Å²) in [6.45, 7) is 4.00. The van der Waals surface area contributed by atoms with Gasteiger partial charge in [-0.15, -0.1) is 0 Å². The third-order valence-electron chi connectivity index (χ3n) is 5.14. The number of hydrogen-bond acceptors (Lipinski definition) is 2. The number of unbranched alkanes of at least 4 members (excludes halogenated alkanes) is 11. The van der Waals surface area contributed by atoms with Crippen LogP contribution in [0.1, 0.15) is 102 Å². The number of rotatable bonds is 15. The van der Waals surface area contributed by atoms with E-state index in [1.807, 2.05) is 0 Å². The normalized spacial score (nSPS) is 11.5. The smallest absolute Gasteiger partial charge is 0.122 e. The zero-order chi connectivity index (χ0) is 19.0. The van der Waals surface area contributed by atoms with Gasteiger partial charge < -0.3 is 10.2 Å². The highest BCUT2D eigenvalue weighted by atomic mass is 16.3. The average molecular weight is 361 g/mol. The van der Waals surface area contributed by atoms with E-state index in [0.29, 0.717) is 5.56 Å². The first-order valence-corrected chi connectivity index (χ1v) is 10.8. The highest BCUT2D eigenvalue weighted by molar-refractivity contribution is 5.45. The molecular formula is C24H40O2. The van der Waals surface area contributed by atoms with Gasteiger partial charge in [-0.1, -0.05) is 70.4 Å². The third-order valence-corrected chi connectivity index (χ3v) is 5.14. The SMILES string of the molecule is CCCCCCCC/C=C/CCCCCCCc1cc(O)c(C)c(O)c1. The van der Waals surface area contributed by atoms with Crippen molar-refractivity contribution in [2.45, 2.75) is 104 Å². The van der Waals surface area contributed by atoms with Crippen molar-refractivity contribution >= 4 is 0 Å². The number of phenols is 2. The molecule has 0 aliphatic rings. The molecule has 0 aliphatic carbocycles. The summed E-state index contributed by atoms with van der Waals surface area (Å²) in [5.41, 5.74) is 1.60. The molecule has 26 heavy (non-hydrogen) atoms. The van der Waals surface area contributed by atoms with Gasteiger partial charge in [-0.05, 0) is 63.1 Å². The Labute approximate surface area is 161 Å². The number of benzene rings is 1. The molecule has 2 N–H and O–H groups in total. The molecule has 0 spiro atoms. The molecule has 1 aromatic carbocycles. The van der Waals surface area contributed by atoms with Crippen molar-refractivity contribution in [3.05, 3.63) is 35.4 Å². The molecule has 0 atom stereocenters. The van der Waals surface area contributed by atoms with Crippen molar-refractivity contribution in [2.75, 3.05) is 0 Å². The van der Waals surface area contributed by atoms with Crippen LogP contribution in [0.4, 0.5) is 0 Å². The van der Waals surface area contributed by atoms with Crippen molar-refractivity contribution in [1.29, 1.82) is 0 Å². The minimum atomic E-state index is 0.202. The van der Waals surface area contributed by atoms with Crippen molar-refractivity contribution < 1.29 is 10.2 Å². The molecule has 1 rings (SSSR count). The lowest BCUT2D eigenvalue weighted by molar-refractivity contribution is 0.441. The van der Waals surface area contributed by atoms with E-state index in [9.17, 15) is 10.2 Å². The van der Waals surface area contributed by atoms with E-state index in [0.717, 1.165) is 18.4 Å². The quantitative estimate of drug-likeness (QED) is 0.250. The van der Waals surface area contributed by atoms with Crippen LogP contribution in [0.5, 0.6) is 11.5 Å². The second kappa shape index (κ2) is 14.7. The second-order valence-corrected chi connectivity index (χ2v) is 7.59. The molecule has 0 unspecified atom stereocenters. The van der Waals surface area contributed by atoms with E-state index in [4.69, 9.17) is 0 Å². The molecule has 0 fully saturated rings. The maximum absolute atomic E-state index is 9.74. The molecule has 1 aromatic rings. The molecule has 0 bridgehead atoms. The summed E-state index contributed by atoms with van der Waals surface area (Å²) in [6, 6.07) is 3.56. The predicted molar refractivity (Wildman–Crippen MR) is 113 cm³/mol.